The topological polar surface area (TPSA) is 85.6 Å². The summed E-state index contributed by atoms with van der Waals surface area (Å²) in [5, 5.41) is 11.9. The van der Waals surface area contributed by atoms with Crippen LogP contribution in [0.4, 0.5) is 0 Å². The van der Waals surface area contributed by atoms with Crippen molar-refractivity contribution in [2.45, 2.75) is 6.54 Å². The van der Waals surface area contributed by atoms with Crippen molar-refractivity contribution in [3.8, 4) is 5.69 Å². The van der Waals surface area contributed by atoms with Gasteiger partial charge in [-0.15, -0.1) is 5.10 Å². The zero-order valence-corrected chi connectivity index (χ0v) is 13.2. The van der Waals surface area contributed by atoms with Crippen LogP contribution >= 0.6 is 0 Å². The zero-order valence-electron chi connectivity index (χ0n) is 13.2. The van der Waals surface area contributed by atoms with Crippen LogP contribution in [0.25, 0.3) is 16.6 Å². The molecule has 0 aliphatic rings. The zero-order chi connectivity index (χ0) is 17.1. The third-order valence-electron chi connectivity index (χ3n) is 3.71. The quantitative estimate of drug-likeness (QED) is 0.619. The van der Waals surface area contributed by atoms with Crippen molar-refractivity contribution in [1.29, 1.82) is 0 Å². The van der Waals surface area contributed by atoms with Crippen molar-refractivity contribution >= 4 is 16.8 Å². The number of carbonyl (C=O) groups excluding carboxylic acids is 1. The molecule has 3 heterocycles. The van der Waals surface area contributed by atoms with E-state index in [1.807, 2.05) is 42.5 Å². The summed E-state index contributed by atoms with van der Waals surface area (Å²) >= 11 is 0. The van der Waals surface area contributed by atoms with Gasteiger partial charge in [0.05, 0.1) is 30.1 Å². The monoisotopic (exact) mass is 330 g/mol. The lowest BCUT2D eigenvalue weighted by atomic mass is 10.2. The Morgan fingerprint density at radius 3 is 2.88 bits per heavy atom. The van der Waals surface area contributed by atoms with Crippen LogP contribution in [0.5, 0.6) is 0 Å². The second kappa shape index (κ2) is 6.48. The molecule has 0 aliphatic heterocycles. The Bertz CT molecular complexity index is 1030. The van der Waals surface area contributed by atoms with E-state index in [9.17, 15) is 4.79 Å². The number of benzene rings is 1. The average Bonchev–Trinajstić information content (AvgIpc) is 3.15. The number of para-hydroxylation sites is 1. The lowest BCUT2D eigenvalue weighted by molar-refractivity contribution is 0.0946. The van der Waals surface area contributed by atoms with Gasteiger partial charge in [-0.2, -0.15) is 0 Å². The molecule has 0 radical (unpaired) electrons. The number of fused-ring (bicyclic) bond motifs is 1. The van der Waals surface area contributed by atoms with Crippen LogP contribution in [0.3, 0.4) is 0 Å². The van der Waals surface area contributed by atoms with Gasteiger partial charge in [-0.1, -0.05) is 29.5 Å². The minimum Gasteiger partial charge on any atom is -0.345 e. The summed E-state index contributed by atoms with van der Waals surface area (Å²) in [4.78, 5) is 20.7. The highest BCUT2D eigenvalue weighted by Crippen LogP contribution is 2.12. The first-order valence-electron chi connectivity index (χ1n) is 7.75. The van der Waals surface area contributed by atoms with E-state index in [4.69, 9.17) is 0 Å². The van der Waals surface area contributed by atoms with Crippen molar-refractivity contribution in [3.63, 3.8) is 0 Å². The molecule has 0 saturated heterocycles. The van der Waals surface area contributed by atoms with Crippen LogP contribution < -0.4 is 5.32 Å². The van der Waals surface area contributed by atoms with Gasteiger partial charge in [0, 0.05) is 11.6 Å². The highest BCUT2D eigenvalue weighted by Gasteiger charge is 2.09. The Kier molecular flexibility index (Phi) is 3.88. The molecule has 7 heteroatoms. The number of aromatic nitrogens is 5. The predicted octanol–water partition coefficient (Wildman–Crippen LogP) is 2.14. The number of carbonyl (C=O) groups is 1. The van der Waals surface area contributed by atoms with Crippen molar-refractivity contribution in [2.24, 2.45) is 0 Å². The summed E-state index contributed by atoms with van der Waals surface area (Å²) in [6.07, 6.45) is 5.14. The van der Waals surface area contributed by atoms with Crippen LogP contribution in [0.1, 0.15) is 16.2 Å². The van der Waals surface area contributed by atoms with Crippen molar-refractivity contribution < 1.29 is 4.79 Å². The summed E-state index contributed by atoms with van der Waals surface area (Å²) in [6.45, 7) is 0.271. The third-order valence-corrected chi connectivity index (χ3v) is 3.71. The fourth-order valence-corrected chi connectivity index (χ4v) is 2.45. The molecule has 0 bridgehead atoms. The lowest BCUT2D eigenvalue weighted by Crippen LogP contribution is -2.24. The lowest BCUT2D eigenvalue weighted by Gasteiger charge is -2.04. The SMILES string of the molecule is O=C(NCc1cn(-c2cccnc2)nn1)c1ccc2ccccc2n1. The summed E-state index contributed by atoms with van der Waals surface area (Å²) in [7, 11) is 0. The molecule has 7 nitrogen and oxygen atoms in total. The second-order valence-corrected chi connectivity index (χ2v) is 5.44. The Labute approximate surface area is 143 Å². The maximum atomic E-state index is 12.3. The molecule has 0 unspecified atom stereocenters. The van der Waals surface area contributed by atoms with E-state index in [-0.39, 0.29) is 12.5 Å². The number of hydrogen-bond acceptors (Lipinski definition) is 5. The first-order valence-corrected chi connectivity index (χ1v) is 7.75. The molecule has 0 saturated carbocycles. The molecule has 122 valence electrons. The van der Waals surface area contributed by atoms with Crippen LogP contribution in [0.15, 0.2) is 67.1 Å². The molecule has 1 aromatic carbocycles. The number of nitrogens with zero attached hydrogens (tertiary/aromatic N) is 5. The number of rotatable bonds is 4. The number of amides is 1. The first kappa shape index (κ1) is 14.9. The molecule has 25 heavy (non-hydrogen) atoms. The fourth-order valence-electron chi connectivity index (χ4n) is 2.45. The fraction of sp³-hybridized carbons (Fsp3) is 0.0556. The molecular formula is C18H14N6O. The van der Waals surface area contributed by atoms with E-state index in [0.29, 0.717) is 11.4 Å². The molecule has 1 amide bonds. The van der Waals surface area contributed by atoms with E-state index >= 15 is 0 Å². The largest absolute Gasteiger partial charge is 0.345 e. The summed E-state index contributed by atoms with van der Waals surface area (Å²) in [5.41, 5.74) is 2.62. The third kappa shape index (κ3) is 3.20. The molecule has 4 aromatic rings. The van der Waals surface area contributed by atoms with Gasteiger partial charge >= 0.3 is 0 Å². The smallest absolute Gasteiger partial charge is 0.270 e. The van der Waals surface area contributed by atoms with Gasteiger partial charge in [-0.25, -0.2) is 9.67 Å². The summed E-state index contributed by atoms with van der Waals surface area (Å²) in [6, 6.07) is 15.0. The van der Waals surface area contributed by atoms with Crippen molar-refractivity contribution in [3.05, 3.63) is 78.5 Å². The molecular weight excluding hydrogens is 316 g/mol. The maximum absolute atomic E-state index is 12.3. The molecule has 0 aliphatic carbocycles. The van der Waals surface area contributed by atoms with Crippen LogP contribution in [-0.4, -0.2) is 30.9 Å². The second-order valence-electron chi connectivity index (χ2n) is 5.44. The van der Waals surface area contributed by atoms with Gasteiger partial charge in [0.1, 0.15) is 11.4 Å². The van der Waals surface area contributed by atoms with Crippen LogP contribution in [0.2, 0.25) is 0 Å². The number of nitrogens with one attached hydrogen (secondary N) is 1. The van der Waals surface area contributed by atoms with E-state index in [1.54, 1.807) is 29.3 Å². The van der Waals surface area contributed by atoms with Gasteiger partial charge < -0.3 is 5.32 Å². The molecule has 3 aromatic heterocycles. The average molecular weight is 330 g/mol. The van der Waals surface area contributed by atoms with E-state index in [2.05, 4.69) is 25.6 Å². The molecule has 4 rings (SSSR count). The number of pyridine rings is 2. The Balaban J connectivity index is 1.45. The number of hydrogen-bond donors (Lipinski definition) is 1. The Morgan fingerprint density at radius 1 is 1.08 bits per heavy atom. The van der Waals surface area contributed by atoms with Gasteiger partial charge in [-0.3, -0.25) is 9.78 Å². The van der Waals surface area contributed by atoms with Crippen molar-refractivity contribution in [1.82, 2.24) is 30.3 Å². The normalized spacial score (nSPS) is 10.7. The molecule has 0 fully saturated rings. The Morgan fingerprint density at radius 2 is 2.00 bits per heavy atom. The Hall–Kier alpha value is -3.61. The van der Waals surface area contributed by atoms with Crippen LogP contribution in [0, 0.1) is 0 Å². The summed E-state index contributed by atoms with van der Waals surface area (Å²) in [5.74, 6) is -0.248. The molecule has 1 N–H and O–H groups in total. The summed E-state index contributed by atoms with van der Waals surface area (Å²) < 4.78 is 1.61. The highest BCUT2D eigenvalue weighted by molar-refractivity contribution is 5.94. The van der Waals surface area contributed by atoms with Gasteiger partial charge in [-0.05, 0) is 24.3 Å². The van der Waals surface area contributed by atoms with Crippen molar-refractivity contribution in [2.75, 3.05) is 0 Å². The minimum atomic E-state index is -0.248. The van der Waals surface area contributed by atoms with Crippen LogP contribution in [-0.2, 0) is 6.54 Å². The maximum Gasteiger partial charge on any atom is 0.270 e. The highest BCUT2D eigenvalue weighted by atomic mass is 16.1. The first-order chi connectivity index (χ1) is 12.3. The van der Waals surface area contributed by atoms with Gasteiger partial charge in [0.2, 0.25) is 0 Å². The predicted molar refractivity (Wildman–Crippen MR) is 92.1 cm³/mol. The van der Waals surface area contributed by atoms with E-state index in [1.165, 1.54) is 0 Å². The van der Waals surface area contributed by atoms with Gasteiger partial charge in [0.15, 0.2) is 0 Å². The van der Waals surface area contributed by atoms with Gasteiger partial charge in [0.25, 0.3) is 5.91 Å². The molecule has 0 spiro atoms. The minimum absolute atomic E-state index is 0.248. The van der Waals surface area contributed by atoms with E-state index < -0.39 is 0 Å². The molecule has 0 atom stereocenters. The van der Waals surface area contributed by atoms with E-state index in [0.717, 1.165) is 16.6 Å². The standard InChI is InChI=1S/C18H14N6O/c25-18(17-8-7-13-4-1-2-6-16(13)21-17)20-10-14-12-24(23-22-14)15-5-3-9-19-11-15/h1-9,11-12H,10H2,(H,20,25).